The van der Waals surface area contributed by atoms with Crippen molar-refractivity contribution in [3.8, 4) is 10.4 Å². The van der Waals surface area contributed by atoms with E-state index in [1.807, 2.05) is 19.1 Å². The minimum Gasteiger partial charge on any atom is -0.481 e. The highest BCUT2D eigenvalue weighted by molar-refractivity contribution is 7.15. The SMILES string of the molecule is Cc1cc(Nc2ncc(F)c(C3CC3)n2)cc(-c2cnc(C(C)(O)C3CCC(C(=O)O)CC3)s2)c1.O=C(O)C(F)(F)F. The Balaban J connectivity index is 0.000000517. The van der Waals surface area contributed by atoms with Gasteiger partial charge in [0, 0.05) is 17.8 Å². The van der Waals surface area contributed by atoms with Gasteiger partial charge in [-0.3, -0.25) is 4.79 Å². The van der Waals surface area contributed by atoms with Gasteiger partial charge in [-0.15, -0.1) is 11.3 Å². The normalized spacial score (nSPS) is 20.2. The van der Waals surface area contributed by atoms with E-state index >= 15 is 0 Å². The van der Waals surface area contributed by atoms with Gasteiger partial charge in [0.15, 0.2) is 5.82 Å². The highest BCUT2D eigenvalue weighted by atomic mass is 32.1. The Morgan fingerprint density at radius 3 is 2.21 bits per heavy atom. The van der Waals surface area contributed by atoms with Crippen LogP contribution in [0.25, 0.3) is 10.4 Å². The van der Waals surface area contributed by atoms with Gasteiger partial charge in [0.05, 0.1) is 22.7 Å². The summed E-state index contributed by atoms with van der Waals surface area (Å²) in [5, 5.41) is 31.6. The summed E-state index contributed by atoms with van der Waals surface area (Å²) in [6.45, 7) is 3.78. The Labute approximate surface area is 242 Å². The van der Waals surface area contributed by atoms with E-state index < -0.39 is 23.7 Å². The van der Waals surface area contributed by atoms with Crippen LogP contribution >= 0.6 is 11.3 Å². The van der Waals surface area contributed by atoms with Crippen molar-refractivity contribution in [1.82, 2.24) is 15.0 Å². The molecule has 2 saturated carbocycles. The second-order valence-corrected chi connectivity index (χ2v) is 11.8. The zero-order chi connectivity index (χ0) is 30.8. The fraction of sp³-hybridized carbons (Fsp3) is 0.464. The van der Waals surface area contributed by atoms with Gasteiger partial charge in [0.1, 0.15) is 10.6 Å². The first-order valence-electron chi connectivity index (χ1n) is 13.3. The first-order valence-corrected chi connectivity index (χ1v) is 14.1. The first-order chi connectivity index (χ1) is 19.6. The number of carboxylic acids is 2. The number of alkyl halides is 3. The molecule has 226 valence electrons. The number of aryl methyl sites for hydroxylation is 1. The predicted molar refractivity (Wildman–Crippen MR) is 146 cm³/mol. The quantitative estimate of drug-likeness (QED) is 0.223. The van der Waals surface area contributed by atoms with Crippen molar-refractivity contribution in [2.75, 3.05) is 5.32 Å². The average molecular weight is 611 g/mol. The lowest BCUT2D eigenvalue weighted by Gasteiger charge is -2.35. The summed E-state index contributed by atoms with van der Waals surface area (Å²) in [7, 11) is 0. The van der Waals surface area contributed by atoms with E-state index in [1.165, 1.54) is 17.5 Å². The van der Waals surface area contributed by atoms with E-state index in [0.717, 1.165) is 34.5 Å². The van der Waals surface area contributed by atoms with Crippen LogP contribution in [0.5, 0.6) is 0 Å². The van der Waals surface area contributed by atoms with Gasteiger partial charge in [-0.2, -0.15) is 13.2 Å². The zero-order valence-corrected chi connectivity index (χ0v) is 23.6. The third kappa shape index (κ3) is 7.59. The van der Waals surface area contributed by atoms with Crippen LogP contribution in [0.15, 0.2) is 30.6 Å². The van der Waals surface area contributed by atoms with Crippen molar-refractivity contribution in [3.63, 3.8) is 0 Å². The highest BCUT2D eigenvalue weighted by Gasteiger charge is 2.40. The molecule has 5 rings (SSSR count). The molecule has 2 fully saturated rings. The molecule has 2 aliphatic carbocycles. The van der Waals surface area contributed by atoms with Gasteiger partial charge in [-0.25, -0.2) is 24.1 Å². The maximum Gasteiger partial charge on any atom is 0.490 e. The molecule has 0 radical (unpaired) electrons. The molecule has 0 spiro atoms. The van der Waals surface area contributed by atoms with Gasteiger partial charge >= 0.3 is 18.1 Å². The molecule has 9 nitrogen and oxygen atoms in total. The summed E-state index contributed by atoms with van der Waals surface area (Å²) in [5.74, 6) is -3.65. The fourth-order valence-corrected chi connectivity index (χ4v) is 5.96. The Morgan fingerprint density at radius 1 is 1.00 bits per heavy atom. The predicted octanol–water partition coefficient (Wildman–Crippen LogP) is 6.40. The highest BCUT2D eigenvalue weighted by Crippen LogP contribution is 2.44. The summed E-state index contributed by atoms with van der Waals surface area (Å²) in [5.41, 5.74) is 2.14. The van der Waals surface area contributed by atoms with Crippen LogP contribution in [-0.4, -0.2) is 48.4 Å². The number of benzene rings is 1. The Kier molecular flexibility index (Phi) is 9.16. The van der Waals surface area contributed by atoms with Gasteiger partial charge < -0.3 is 20.6 Å². The smallest absolute Gasteiger partial charge is 0.481 e. The number of thiazole rings is 1. The molecule has 3 aromatic rings. The van der Waals surface area contributed by atoms with E-state index in [9.17, 15) is 32.6 Å². The molecule has 14 heteroatoms. The third-order valence-corrected chi connectivity index (χ3v) is 8.68. The van der Waals surface area contributed by atoms with Crippen molar-refractivity contribution in [1.29, 1.82) is 0 Å². The standard InChI is InChI=1S/C26H29FN4O3S.C2HF3O2/c1-14-9-17(11-19(10-14)30-25-29-12-20(27)22(31-25)15-3-4-15)21-13-28-24(35-21)26(2,34)18-7-5-16(6-8-18)23(32)33;3-2(4,5)1(6)7/h9-13,15-16,18,34H,3-8H2,1-2H3,(H,32,33)(H,29,30,31);(H,6,7). The number of anilines is 2. The molecule has 0 saturated heterocycles. The molecule has 0 bridgehead atoms. The maximum absolute atomic E-state index is 14.0. The fourth-order valence-electron chi connectivity index (χ4n) is 4.93. The van der Waals surface area contributed by atoms with Crippen LogP contribution in [-0.2, 0) is 15.2 Å². The lowest BCUT2D eigenvalue weighted by molar-refractivity contribution is -0.192. The van der Waals surface area contributed by atoms with Crippen LogP contribution < -0.4 is 5.32 Å². The molecule has 1 atom stereocenters. The summed E-state index contributed by atoms with van der Waals surface area (Å²) in [4.78, 5) is 34.1. The van der Waals surface area contributed by atoms with Crippen LogP contribution in [0, 0.1) is 24.6 Å². The van der Waals surface area contributed by atoms with Gasteiger partial charge in [-0.05, 0) is 81.5 Å². The molecular weight excluding hydrogens is 580 g/mol. The number of aliphatic hydroxyl groups is 1. The van der Waals surface area contributed by atoms with Crippen molar-refractivity contribution in [2.24, 2.45) is 11.8 Å². The number of nitrogens with one attached hydrogen (secondary N) is 1. The number of hydrogen-bond acceptors (Lipinski definition) is 8. The minimum absolute atomic E-state index is 0.0249. The molecule has 1 aromatic carbocycles. The molecule has 4 N–H and O–H groups in total. The van der Waals surface area contributed by atoms with Crippen LogP contribution in [0.4, 0.5) is 29.2 Å². The topological polar surface area (TPSA) is 146 Å². The molecule has 2 heterocycles. The van der Waals surface area contributed by atoms with Gasteiger partial charge in [-0.1, -0.05) is 6.07 Å². The van der Waals surface area contributed by atoms with Crippen molar-refractivity contribution < 1.29 is 42.5 Å². The van der Waals surface area contributed by atoms with Crippen LogP contribution in [0.3, 0.4) is 0 Å². The van der Waals surface area contributed by atoms with Gasteiger partial charge in [0.25, 0.3) is 0 Å². The molecule has 0 amide bonds. The minimum atomic E-state index is -5.08. The number of hydrogen-bond donors (Lipinski definition) is 4. The average Bonchev–Trinajstić information content (AvgIpc) is 3.63. The summed E-state index contributed by atoms with van der Waals surface area (Å²) in [6.07, 6.45) is 2.32. The molecule has 2 aliphatic rings. The van der Waals surface area contributed by atoms with E-state index in [-0.39, 0.29) is 23.6 Å². The summed E-state index contributed by atoms with van der Waals surface area (Å²) >= 11 is 1.45. The maximum atomic E-state index is 14.0. The first kappa shape index (κ1) is 31.3. The monoisotopic (exact) mass is 610 g/mol. The molecule has 42 heavy (non-hydrogen) atoms. The van der Waals surface area contributed by atoms with Crippen LogP contribution in [0.2, 0.25) is 0 Å². The number of rotatable bonds is 7. The second-order valence-electron chi connectivity index (χ2n) is 10.8. The number of halogens is 4. The van der Waals surface area contributed by atoms with Crippen molar-refractivity contribution >= 4 is 34.9 Å². The van der Waals surface area contributed by atoms with E-state index in [4.69, 9.17) is 9.90 Å². The Hall–Kier alpha value is -3.65. The van der Waals surface area contributed by atoms with E-state index in [2.05, 4.69) is 26.3 Å². The van der Waals surface area contributed by atoms with E-state index in [1.54, 1.807) is 13.1 Å². The summed E-state index contributed by atoms with van der Waals surface area (Å²) in [6, 6.07) is 6.00. The molecular formula is C28H30F4N4O5S. The third-order valence-electron chi connectivity index (χ3n) is 7.41. The largest absolute Gasteiger partial charge is 0.490 e. The lowest BCUT2D eigenvalue weighted by Crippen LogP contribution is -2.35. The second kappa shape index (κ2) is 12.3. The number of aliphatic carboxylic acids is 2. The van der Waals surface area contributed by atoms with Crippen molar-refractivity contribution in [2.45, 2.75) is 70.1 Å². The lowest BCUT2D eigenvalue weighted by atomic mass is 9.74. The van der Waals surface area contributed by atoms with Gasteiger partial charge in [0.2, 0.25) is 5.95 Å². The molecule has 2 aromatic heterocycles. The number of nitrogens with zero attached hydrogens (tertiary/aromatic N) is 3. The Morgan fingerprint density at radius 2 is 1.64 bits per heavy atom. The van der Waals surface area contributed by atoms with Crippen LogP contribution in [0.1, 0.15) is 67.6 Å². The summed E-state index contributed by atoms with van der Waals surface area (Å²) < 4.78 is 45.8. The zero-order valence-electron chi connectivity index (χ0n) is 22.8. The van der Waals surface area contributed by atoms with E-state index in [0.29, 0.717) is 42.3 Å². The molecule has 0 aliphatic heterocycles. The molecule has 1 unspecified atom stereocenters. The van der Waals surface area contributed by atoms with Crippen molar-refractivity contribution in [3.05, 3.63) is 52.7 Å². The number of aromatic nitrogens is 3. The Bertz CT molecular complexity index is 1450. The number of carboxylic acid groups (broad SMARTS) is 2. The number of carbonyl (C=O) groups is 2.